The minimum atomic E-state index is -1.73. The fourth-order valence-electron chi connectivity index (χ4n) is 2.21. The van der Waals surface area contributed by atoms with Crippen LogP contribution in [0, 0.1) is 26.1 Å². The van der Waals surface area contributed by atoms with Crippen molar-refractivity contribution in [1.82, 2.24) is 0 Å². The molecule has 106 valence electrons. The Balaban J connectivity index is 3.57. The van der Waals surface area contributed by atoms with Gasteiger partial charge in [-0.3, -0.25) is 20.2 Å². The molecule has 1 aliphatic rings. The zero-order chi connectivity index (χ0) is 15.0. The smallest absolute Gasteiger partial charge is 0.281 e. The Hall–Kier alpha value is -1.48. The summed E-state index contributed by atoms with van der Waals surface area (Å²) in [6, 6.07) is -1.53. The van der Waals surface area contributed by atoms with Crippen molar-refractivity contribution in [3.8, 4) is 0 Å². The molecule has 0 heterocycles. The lowest BCUT2D eigenvalue weighted by Gasteiger charge is -2.36. The molecule has 1 rings (SSSR count). The Labute approximate surface area is 117 Å². The standard InChI is InChI=1S/C10H15BrN4O4/c1-3-5(2)10(13)7(14(16)17)4-6(11)8(12)9(10)15(18)19/h4-5,9H,3,12-13H2,1-2H3. The lowest BCUT2D eigenvalue weighted by atomic mass is 9.72. The molecule has 19 heavy (non-hydrogen) atoms. The van der Waals surface area contributed by atoms with Gasteiger partial charge in [0.25, 0.3) is 11.7 Å². The maximum absolute atomic E-state index is 11.3. The van der Waals surface area contributed by atoms with Crippen molar-refractivity contribution in [3.63, 3.8) is 0 Å². The Morgan fingerprint density at radius 1 is 1.53 bits per heavy atom. The number of nitrogens with two attached hydrogens (primary N) is 2. The molecule has 0 aromatic heterocycles. The predicted octanol–water partition coefficient (Wildman–Crippen LogP) is 1.11. The molecular formula is C10H15BrN4O4. The second-order valence-corrected chi connectivity index (χ2v) is 5.37. The maximum Gasteiger partial charge on any atom is 0.281 e. The second-order valence-electron chi connectivity index (χ2n) is 4.52. The summed E-state index contributed by atoms with van der Waals surface area (Å²) in [5.41, 5.74) is 9.54. The molecule has 0 amide bonds. The molecular weight excluding hydrogens is 320 g/mol. The molecule has 0 aromatic rings. The minimum Gasteiger partial charge on any atom is -0.395 e. The number of rotatable bonds is 4. The van der Waals surface area contributed by atoms with Gasteiger partial charge in [-0.25, -0.2) is 0 Å². The maximum atomic E-state index is 11.3. The second kappa shape index (κ2) is 5.25. The van der Waals surface area contributed by atoms with E-state index in [9.17, 15) is 20.2 Å². The first-order valence-electron chi connectivity index (χ1n) is 5.61. The van der Waals surface area contributed by atoms with Gasteiger partial charge in [-0.05, 0) is 21.8 Å². The summed E-state index contributed by atoms with van der Waals surface area (Å²) in [6.45, 7) is 3.40. The molecule has 0 fully saturated rings. The average molecular weight is 335 g/mol. The SMILES string of the molecule is CCC(C)C1(N)C([N+](=O)[O-])=CC(Br)=C(N)C1[N+](=O)[O-]. The molecule has 0 bridgehead atoms. The van der Waals surface area contributed by atoms with Gasteiger partial charge in [0.15, 0.2) is 5.54 Å². The third kappa shape index (κ3) is 2.35. The number of hydrogen-bond donors (Lipinski definition) is 2. The van der Waals surface area contributed by atoms with Gasteiger partial charge in [-0.2, -0.15) is 0 Å². The summed E-state index contributed by atoms with van der Waals surface area (Å²) in [7, 11) is 0. The highest BCUT2D eigenvalue weighted by Crippen LogP contribution is 2.39. The largest absolute Gasteiger partial charge is 0.395 e. The molecule has 0 aliphatic heterocycles. The summed E-state index contributed by atoms with van der Waals surface area (Å²) in [6.07, 6.45) is 1.61. The van der Waals surface area contributed by atoms with E-state index in [1.165, 1.54) is 0 Å². The van der Waals surface area contributed by atoms with Crippen molar-refractivity contribution >= 4 is 15.9 Å². The molecule has 3 unspecified atom stereocenters. The molecule has 0 radical (unpaired) electrons. The lowest BCUT2D eigenvalue weighted by molar-refractivity contribution is -0.536. The third-order valence-electron chi connectivity index (χ3n) is 3.57. The quantitative estimate of drug-likeness (QED) is 0.583. The highest BCUT2D eigenvalue weighted by molar-refractivity contribution is 9.11. The fraction of sp³-hybridized carbons (Fsp3) is 0.600. The molecule has 0 aromatic carbocycles. The van der Waals surface area contributed by atoms with Crippen molar-refractivity contribution in [2.45, 2.75) is 31.8 Å². The molecule has 3 atom stereocenters. The van der Waals surface area contributed by atoms with Gasteiger partial charge >= 0.3 is 0 Å². The van der Waals surface area contributed by atoms with Crippen LogP contribution in [0.15, 0.2) is 22.0 Å². The van der Waals surface area contributed by atoms with Crippen molar-refractivity contribution in [1.29, 1.82) is 0 Å². The van der Waals surface area contributed by atoms with E-state index in [2.05, 4.69) is 15.9 Å². The number of allylic oxidation sites excluding steroid dienone is 2. The van der Waals surface area contributed by atoms with Crippen molar-refractivity contribution < 1.29 is 9.85 Å². The van der Waals surface area contributed by atoms with Crippen LogP contribution in [-0.4, -0.2) is 21.4 Å². The van der Waals surface area contributed by atoms with Crippen LogP contribution in [0.5, 0.6) is 0 Å². The van der Waals surface area contributed by atoms with E-state index in [-0.39, 0.29) is 10.2 Å². The van der Waals surface area contributed by atoms with E-state index >= 15 is 0 Å². The first kappa shape index (κ1) is 15.6. The first-order valence-corrected chi connectivity index (χ1v) is 6.41. The summed E-state index contributed by atoms with van der Waals surface area (Å²) in [5, 5.41) is 22.4. The number of halogens is 1. The zero-order valence-corrected chi connectivity index (χ0v) is 12.1. The Morgan fingerprint density at radius 2 is 2.05 bits per heavy atom. The zero-order valence-electron chi connectivity index (χ0n) is 10.5. The number of hydrogen-bond acceptors (Lipinski definition) is 6. The van der Waals surface area contributed by atoms with Gasteiger partial charge in [0.1, 0.15) is 5.70 Å². The molecule has 0 spiro atoms. The van der Waals surface area contributed by atoms with Crippen LogP contribution in [-0.2, 0) is 0 Å². The van der Waals surface area contributed by atoms with Gasteiger partial charge in [-0.1, -0.05) is 20.3 Å². The highest BCUT2D eigenvalue weighted by atomic mass is 79.9. The molecule has 8 nitrogen and oxygen atoms in total. The highest BCUT2D eigenvalue weighted by Gasteiger charge is 2.59. The van der Waals surface area contributed by atoms with Crippen LogP contribution < -0.4 is 11.5 Å². The van der Waals surface area contributed by atoms with E-state index in [0.29, 0.717) is 6.42 Å². The Morgan fingerprint density at radius 3 is 2.42 bits per heavy atom. The van der Waals surface area contributed by atoms with E-state index in [0.717, 1.165) is 6.08 Å². The van der Waals surface area contributed by atoms with Gasteiger partial charge in [0.2, 0.25) is 0 Å². The predicted molar refractivity (Wildman–Crippen MR) is 72.4 cm³/mol. The lowest BCUT2D eigenvalue weighted by Crippen LogP contribution is -2.64. The minimum absolute atomic E-state index is 0.0987. The van der Waals surface area contributed by atoms with Crippen molar-refractivity contribution in [3.05, 3.63) is 42.2 Å². The molecule has 1 aliphatic carbocycles. The van der Waals surface area contributed by atoms with E-state index in [4.69, 9.17) is 11.5 Å². The molecule has 9 heteroatoms. The molecule has 0 saturated carbocycles. The fourth-order valence-corrected chi connectivity index (χ4v) is 2.65. The van der Waals surface area contributed by atoms with Crippen LogP contribution in [0.3, 0.4) is 0 Å². The monoisotopic (exact) mass is 334 g/mol. The summed E-state index contributed by atoms with van der Waals surface area (Å²) in [4.78, 5) is 21.1. The normalized spacial score (nSPS) is 28.8. The Kier molecular flexibility index (Phi) is 4.31. The van der Waals surface area contributed by atoms with E-state index < -0.39 is 33.0 Å². The summed E-state index contributed by atoms with van der Waals surface area (Å²) in [5.74, 6) is -0.473. The van der Waals surface area contributed by atoms with Crippen LogP contribution in [0.1, 0.15) is 20.3 Å². The first-order chi connectivity index (χ1) is 8.67. The van der Waals surface area contributed by atoms with Crippen LogP contribution >= 0.6 is 15.9 Å². The van der Waals surface area contributed by atoms with Crippen LogP contribution in [0.25, 0.3) is 0 Å². The topological polar surface area (TPSA) is 138 Å². The number of nitro groups is 2. The van der Waals surface area contributed by atoms with Crippen LogP contribution in [0.2, 0.25) is 0 Å². The van der Waals surface area contributed by atoms with Gasteiger partial charge in [-0.15, -0.1) is 0 Å². The van der Waals surface area contributed by atoms with Gasteiger partial charge < -0.3 is 11.5 Å². The average Bonchev–Trinajstić information content (AvgIpc) is 2.31. The van der Waals surface area contributed by atoms with E-state index in [1.54, 1.807) is 13.8 Å². The molecule has 0 saturated heterocycles. The number of nitrogens with zero attached hydrogens (tertiary/aromatic N) is 2. The third-order valence-corrected chi connectivity index (χ3v) is 4.25. The van der Waals surface area contributed by atoms with Crippen molar-refractivity contribution in [2.24, 2.45) is 17.4 Å². The van der Waals surface area contributed by atoms with E-state index in [1.807, 2.05) is 0 Å². The van der Waals surface area contributed by atoms with Crippen LogP contribution in [0.4, 0.5) is 0 Å². The Bertz CT molecular complexity index is 490. The van der Waals surface area contributed by atoms with Gasteiger partial charge in [0.05, 0.1) is 4.92 Å². The summed E-state index contributed by atoms with van der Waals surface area (Å²) < 4.78 is 0.130. The van der Waals surface area contributed by atoms with Crippen molar-refractivity contribution in [2.75, 3.05) is 0 Å². The summed E-state index contributed by atoms with van der Waals surface area (Å²) >= 11 is 3.01. The molecule has 4 N–H and O–H groups in total. The van der Waals surface area contributed by atoms with Gasteiger partial charge in [0, 0.05) is 15.5 Å².